The summed E-state index contributed by atoms with van der Waals surface area (Å²) in [5.41, 5.74) is -1.57. The van der Waals surface area contributed by atoms with Crippen molar-refractivity contribution < 1.29 is 56.3 Å². The molecule has 1 aliphatic rings. The Labute approximate surface area is 154 Å². The molecule has 0 radical (unpaired) electrons. The quantitative estimate of drug-likeness (QED) is 0.239. The number of hydrogen-bond donors (Lipinski definition) is 6. The zero-order valence-electron chi connectivity index (χ0n) is 13.5. The molecule has 3 unspecified atom stereocenters. The summed E-state index contributed by atoms with van der Waals surface area (Å²) in [4.78, 5) is 59.9. The van der Waals surface area contributed by atoms with Gasteiger partial charge in [-0.25, -0.2) is 18.5 Å². The van der Waals surface area contributed by atoms with Crippen LogP contribution >= 0.6 is 23.5 Å². The van der Waals surface area contributed by atoms with E-state index in [4.69, 9.17) is 19.4 Å². The van der Waals surface area contributed by atoms with Gasteiger partial charge in [-0.15, -0.1) is 0 Å². The number of phosphoric ester groups is 1. The predicted octanol–water partition coefficient (Wildman–Crippen LogP) is -1.47. The van der Waals surface area contributed by atoms with Crippen LogP contribution in [0.25, 0.3) is 0 Å². The number of nitrogens with zero attached hydrogens (tertiary/aromatic N) is 1. The fourth-order valence-corrected chi connectivity index (χ4v) is 5.24. The molecular weight excluding hydrogens is 453 g/mol. The molecule has 19 heteroatoms. The van der Waals surface area contributed by atoms with Gasteiger partial charge in [-0.3, -0.25) is 18.9 Å². The van der Waals surface area contributed by atoms with Crippen molar-refractivity contribution in [2.45, 2.75) is 24.9 Å². The molecule has 0 aliphatic carbocycles. The first-order chi connectivity index (χ1) is 12.7. The molecule has 0 bridgehead atoms. The maximum Gasteiger partial charge on any atom is 0.490 e. The van der Waals surface area contributed by atoms with Gasteiger partial charge in [0.05, 0.1) is 12.7 Å². The van der Waals surface area contributed by atoms with E-state index in [0.29, 0.717) is 0 Å². The molecule has 1 aromatic heterocycles. The van der Waals surface area contributed by atoms with Gasteiger partial charge in [0.15, 0.2) is 6.23 Å². The molecule has 0 spiro atoms. The average molecular weight is 468 g/mol. The van der Waals surface area contributed by atoms with Crippen LogP contribution in [-0.2, 0) is 31.6 Å². The van der Waals surface area contributed by atoms with Crippen molar-refractivity contribution in [3.8, 4) is 0 Å². The Morgan fingerprint density at radius 2 is 1.79 bits per heavy atom. The Balaban J connectivity index is 1.98. The van der Waals surface area contributed by atoms with E-state index in [9.17, 15) is 33.3 Å². The third kappa shape index (κ3) is 6.81. The molecule has 1 fully saturated rings. The molecule has 5 atom stereocenters. The maximum absolute atomic E-state index is 11.7. The van der Waals surface area contributed by atoms with Crippen molar-refractivity contribution >= 4 is 23.5 Å². The fourth-order valence-electron chi connectivity index (χ4n) is 2.20. The number of aromatic nitrogens is 2. The van der Waals surface area contributed by atoms with E-state index >= 15 is 0 Å². The van der Waals surface area contributed by atoms with Crippen LogP contribution in [0.5, 0.6) is 0 Å². The van der Waals surface area contributed by atoms with Crippen molar-refractivity contribution in [3.05, 3.63) is 33.1 Å². The third-order valence-electron chi connectivity index (χ3n) is 3.13. The average Bonchev–Trinajstić information content (AvgIpc) is 2.82. The van der Waals surface area contributed by atoms with Gasteiger partial charge < -0.3 is 29.4 Å². The summed E-state index contributed by atoms with van der Waals surface area (Å²) in [5.74, 6) is 0. The van der Waals surface area contributed by atoms with Gasteiger partial charge in [0, 0.05) is 18.7 Å². The minimum absolute atomic E-state index is 0.202. The first kappa shape index (κ1) is 23.3. The smallest absolute Gasteiger partial charge is 0.388 e. The zero-order chi connectivity index (χ0) is 21.3. The van der Waals surface area contributed by atoms with Crippen molar-refractivity contribution in [3.63, 3.8) is 0 Å². The minimum Gasteiger partial charge on any atom is -0.388 e. The standard InChI is InChI=1S/C9H15N2O14P3/c12-6-3-5(23-8(6)11-2-1-7(13)10-9(11)14)4-22-27(18,19)25-28(20,21)24-26(15,16)17/h1-2,5-6,8,12H,3-4H2,(H,18,19)(H,20,21)(H,10,13,14)(H2,15,16,17)/t5-,6?,8+/m1/s1. The number of aliphatic hydroxyl groups excluding tert-OH is 1. The van der Waals surface area contributed by atoms with Crippen LogP contribution in [0.4, 0.5) is 0 Å². The predicted molar refractivity (Wildman–Crippen MR) is 85.7 cm³/mol. The SMILES string of the molecule is O=c1ccn([C@H]2O[C@@H](COP(=O)(O)OP(=O)(O)OP(=O)(O)O)CC2O)c(=O)[nH]1. The Kier molecular flexibility index (Phi) is 6.99. The van der Waals surface area contributed by atoms with Gasteiger partial charge in [-0.05, 0) is 0 Å². The topological polar surface area (TPSA) is 244 Å². The number of phosphoric acid groups is 3. The van der Waals surface area contributed by atoms with Gasteiger partial charge in [-0.1, -0.05) is 0 Å². The number of H-pyrrole nitrogens is 1. The molecule has 28 heavy (non-hydrogen) atoms. The van der Waals surface area contributed by atoms with Gasteiger partial charge in [-0.2, -0.15) is 8.62 Å². The molecule has 1 saturated heterocycles. The lowest BCUT2D eigenvalue weighted by Gasteiger charge is -2.19. The van der Waals surface area contributed by atoms with Gasteiger partial charge in [0.25, 0.3) is 5.56 Å². The Hall–Kier alpha value is -0.990. The van der Waals surface area contributed by atoms with Crippen molar-refractivity contribution in [1.82, 2.24) is 9.55 Å². The van der Waals surface area contributed by atoms with Crippen LogP contribution in [0.3, 0.4) is 0 Å². The molecular formula is C9H15N2O14P3. The van der Waals surface area contributed by atoms with Crippen LogP contribution < -0.4 is 11.2 Å². The lowest BCUT2D eigenvalue weighted by atomic mass is 10.2. The van der Waals surface area contributed by atoms with E-state index < -0.39 is 59.8 Å². The van der Waals surface area contributed by atoms with Gasteiger partial charge in [0.1, 0.15) is 6.10 Å². The summed E-state index contributed by atoms with van der Waals surface area (Å²) in [6, 6.07) is 0.997. The third-order valence-corrected chi connectivity index (χ3v) is 6.93. The highest BCUT2D eigenvalue weighted by molar-refractivity contribution is 7.66. The normalized spacial score (nSPS) is 27.2. The highest BCUT2D eigenvalue weighted by Gasteiger charge is 2.42. The van der Waals surface area contributed by atoms with Crippen molar-refractivity contribution in [2.24, 2.45) is 0 Å². The minimum atomic E-state index is -5.65. The first-order valence-electron chi connectivity index (χ1n) is 7.11. The first-order valence-corrected chi connectivity index (χ1v) is 11.6. The molecule has 16 nitrogen and oxygen atoms in total. The zero-order valence-corrected chi connectivity index (χ0v) is 16.2. The summed E-state index contributed by atoms with van der Waals surface area (Å²) in [7, 11) is -16.5. The van der Waals surface area contributed by atoms with Gasteiger partial charge >= 0.3 is 29.2 Å². The van der Waals surface area contributed by atoms with Crippen LogP contribution in [0, 0.1) is 0 Å². The molecule has 160 valence electrons. The summed E-state index contributed by atoms with van der Waals surface area (Å²) >= 11 is 0. The molecule has 2 heterocycles. The second kappa shape index (κ2) is 8.40. The molecule has 2 rings (SSSR count). The molecule has 0 saturated carbocycles. The van der Waals surface area contributed by atoms with E-state index in [0.717, 1.165) is 16.8 Å². The monoisotopic (exact) mass is 468 g/mol. The summed E-state index contributed by atoms with van der Waals surface area (Å²) in [5, 5.41) is 9.96. The maximum atomic E-state index is 11.7. The number of rotatable bonds is 8. The lowest BCUT2D eigenvalue weighted by Crippen LogP contribution is -2.34. The van der Waals surface area contributed by atoms with Crippen LogP contribution in [0.15, 0.2) is 21.9 Å². The fraction of sp³-hybridized carbons (Fsp3) is 0.556. The van der Waals surface area contributed by atoms with Crippen LogP contribution in [-0.4, -0.2) is 53.0 Å². The number of ether oxygens (including phenoxy) is 1. The molecule has 1 aromatic rings. The Morgan fingerprint density at radius 3 is 2.36 bits per heavy atom. The molecule has 1 aliphatic heterocycles. The largest absolute Gasteiger partial charge is 0.490 e. The highest BCUT2D eigenvalue weighted by Crippen LogP contribution is 2.66. The Morgan fingerprint density at radius 1 is 1.14 bits per heavy atom. The summed E-state index contributed by atoms with van der Waals surface area (Å²) < 4.78 is 51.0. The summed E-state index contributed by atoms with van der Waals surface area (Å²) in [6.07, 6.45) is -2.79. The number of hydrogen-bond acceptors (Lipinski definition) is 10. The second-order valence-corrected chi connectivity index (χ2v) is 9.78. The van der Waals surface area contributed by atoms with Gasteiger partial charge in [0.2, 0.25) is 0 Å². The van der Waals surface area contributed by atoms with Crippen LogP contribution in [0.1, 0.15) is 12.6 Å². The van der Waals surface area contributed by atoms with E-state index in [-0.39, 0.29) is 6.42 Å². The molecule has 6 N–H and O–H groups in total. The van der Waals surface area contributed by atoms with E-state index in [2.05, 4.69) is 13.1 Å². The van der Waals surface area contributed by atoms with Crippen LogP contribution in [0.2, 0.25) is 0 Å². The summed E-state index contributed by atoms with van der Waals surface area (Å²) in [6.45, 7) is -0.782. The molecule has 0 amide bonds. The number of aliphatic hydroxyl groups is 1. The number of aromatic amines is 1. The molecule has 0 aromatic carbocycles. The van der Waals surface area contributed by atoms with Crippen molar-refractivity contribution in [1.29, 1.82) is 0 Å². The van der Waals surface area contributed by atoms with Crippen molar-refractivity contribution in [2.75, 3.05) is 6.61 Å². The lowest BCUT2D eigenvalue weighted by molar-refractivity contribution is -0.0524. The second-order valence-electron chi connectivity index (χ2n) is 5.36. The Bertz CT molecular complexity index is 965. The van der Waals surface area contributed by atoms with E-state index in [1.807, 2.05) is 4.98 Å². The number of nitrogens with one attached hydrogen (secondary N) is 1. The van der Waals surface area contributed by atoms with E-state index in [1.165, 1.54) is 0 Å². The highest BCUT2D eigenvalue weighted by atomic mass is 31.3. The van der Waals surface area contributed by atoms with E-state index in [1.54, 1.807) is 0 Å².